The number of aldehydes is 1. The molecule has 0 aliphatic rings. The van der Waals surface area contributed by atoms with Crippen LogP contribution in [0.3, 0.4) is 0 Å². The van der Waals surface area contributed by atoms with Crippen LogP contribution >= 0.6 is 11.3 Å². The highest BCUT2D eigenvalue weighted by molar-refractivity contribution is 7.17. The van der Waals surface area contributed by atoms with E-state index in [4.69, 9.17) is 0 Å². The van der Waals surface area contributed by atoms with Gasteiger partial charge in [-0.15, -0.1) is 11.3 Å². The van der Waals surface area contributed by atoms with Gasteiger partial charge in [-0.3, -0.25) is 4.79 Å². The van der Waals surface area contributed by atoms with Crippen LogP contribution in [0.5, 0.6) is 0 Å². The number of hydrogen-bond acceptors (Lipinski definition) is 3. The smallest absolute Gasteiger partial charge is 0.221 e. The normalized spacial score (nSPS) is 10.1. The number of nitrogens with zero attached hydrogens (tertiary/aromatic N) is 1. The molecule has 0 aliphatic heterocycles. The second-order valence-electron chi connectivity index (χ2n) is 2.66. The minimum absolute atomic E-state index is 0.436. The molecular weight excluding hydrogens is 201 g/mol. The maximum absolute atomic E-state index is 13.2. The topological polar surface area (TPSA) is 30.0 Å². The first-order valence-electron chi connectivity index (χ1n) is 3.97. The summed E-state index contributed by atoms with van der Waals surface area (Å²) in [5, 5.41) is 0. The van der Waals surface area contributed by atoms with Crippen LogP contribution in [-0.4, -0.2) is 11.3 Å². The first-order valence-corrected chi connectivity index (χ1v) is 4.79. The number of carbonyl (C=O) groups is 1. The molecule has 0 saturated carbocycles. The predicted octanol–water partition coefficient (Wildman–Crippen LogP) is 2.76. The molecule has 0 radical (unpaired) electrons. The van der Waals surface area contributed by atoms with E-state index >= 15 is 0 Å². The predicted molar refractivity (Wildman–Crippen MR) is 52.9 cm³/mol. The number of halogens is 1. The van der Waals surface area contributed by atoms with Crippen molar-refractivity contribution in [2.45, 2.75) is 0 Å². The fourth-order valence-corrected chi connectivity index (χ4v) is 1.97. The lowest BCUT2D eigenvalue weighted by Gasteiger charge is -1.96. The van der Waals surface area contributed by atoms with Crippen LogP contribution in [0, 0.1) is 5.95 Å². The lowest BCUT2D eigenvalue weighted by atomic mass is 10.2. The summed E-state index contributed by atoms with van der Waals surface area (Å²) in [5.41, 5.74) is 0.436. The molecule has 2 aromatic heterocycles. The summed E-state index contributed by atoms with van der Waals surface area (Å²) in [7, 11) is 0. The third kappa shape index (κ3) is 1.56. The first-order chi connectivity index (χ1) is 6.81. The van der Waals surface area contributed by atoms with Gasteiger partial charge < -0.3 is 0 Å². The monoisotopic (exact) mass is 207 g/mol. The Labute approximate surface area is 84.0 Å². The Hall–Kier alpha value is -1.55. The van der Waals surface area contributed by atoms with Gasteiger partial charge in [0.2, 0.25) is 5.95 Å². The Morgan fingerprint density at radius 1 is 1.36 bits per heavy atom. The van der Waals surface area contributed by atoms with Gasteiger partial charge in [0.25, 0.3) is 0 Å². The number of carbonyl (C=O) groups excluding carboxylic acids is 1. The maximum atomic E-state index is 13.2. The average molecular weight is 207 g/mol. The molecule has 0 atom stereocenters. The largest absolute Gasteiger partial charge is 0.297 e. The van der Waals surface area contributed by atoms with Crippen LogP contribution < -0.4 is 0 Å². The fourth-order valence-electron chi connectivity index (χ4n) is 1.13. The van der Waals surface area contributed by atoms with E-state index in [1.54, 1.807) is 24.3 Å². The zero-order valence-corrected chi connectivity index (χ0v) is 7.92. The molecule has 2 nitrogen and oxygen atoms in total. The summed E-state index contributed by atoms with van der Waals surface area (Å²) >= 11 is 1.25. The summed E-state index contributed by atoms with van der Waals surface area (Å²) < 4.78 is 13.2. The van der Waals surface area contributed by atoms with Gasteiger partial charge >= 0.3 is 0 Å². The third-order valence-corrected chi connectivity index (χ3v) is 2.81. The Bertz CT molecular complexity index is 467. The third-order valence-electron chi connectivity index (χ3n) is 1.77. The fraction of sp³-hybridized carbons (Fsp3) is 0. The van der Waals surface area contributed by atoms with Gasteiger partial charge in [0.05, 0.1) is 4.88 Å². The summed E-state index contributed by atoms with van der Waals surface area (Å²) in [6.45, 7) is 0. The van der Waals surface area contributed by atoms with Gasteiger partial charge in [-0.1, -0.05) is 0 Å². The van der Waals surface area contributed by atoms with Gasteiger partial charge in [0.1, 0.15) is 0 Å². The van der Waals surface area contributed by atoms with Crippen LogP contribution in [0.4, 0.5) is 4.39 Å². The van der Waals surface area contributed by atoms with E-state index in [-0.39, 0.29) is 0 Å². The van der Waals surface area contributed by atoms with Gasteiger partial charge in [-0.25, -0.2) is 4.98 Å². The molecule has 0 aromatic carbocycles. The van der Waals surface area contributed by atoms with Crippen molar-refractivity contribution in [1.82, 2.24) is 4.98 Å². The second kappa shape index (κ2) is 3.67. The van der Waals surface area contributed by atoms with Crippen molar-refractivity contribution < 1.29 is 9.18 Å². The zero-order chi connectivity index (χ0) is 9.97. The highest BCUT2D eigenvalue weighted by Crippen LogP contribution is 2.28. The minimum atomic E-state index is -0.508. The lowest BCUT2D eigenvalue weighted by Crippen LogP contribution is -1.84. The number of hydrogen-bond donors (Lipinski definition) is 0. The summed E-state index contributed by atoms with van der Waals surface area (Å²) in [6, 6.07) is 6.69. The second-order valence-corrected chi connectivity index (χ2v) is 3.78. The molecule has 0 fully saturated rings. The van der Waals surface area contributed by atoms with Crippen molar-refractivity contribution >= 4 is 17.6 Å². The number of thiophene rings is 1. The zero-order valence-electron chi connectivity index (χ0n) is 7.11. The van der Waals surface area contributed by atoms with Crippen molar-refractivity contribution in [3.8, 4) is 10.4 Å². The van der Waals surface area contributed by atoms with Crippen molar-refractivity contribution in [2.75, 3.05) is 0 Å². The molecule has 0 unspecified atom stereocenters. The van der Waals surface area contributed by atoms with Crippen molar-refractivity contribution in [2.24, 2.45) is 0 Å². The minimum Gasteiger partial charge on any atom is -0.297 e. The number of aromatic nitrogens is 1. The SMILES string of the molecule is O=Cc1ccc(-c2cccnc2F)s1. The molecule has 0 saturated heterocycles. The molecule has 4 heteroatoms. The van der Waals surface area contributed by atoms with Gasteiger partial charge in [0, 0.05) is 16.6 Å². The first kappa shape index (κ1) is 9.02. The molecule has 70 valence electrons. The van der Waals surface area contributed by atoms with Crippen LogP contribution in [0.15, 0.2) is 30.5 Å². The molecule has 2 rings (SSSR count). The van der Waals surface area contributed by atoms with E-state index in [0.29, 0.717) is 10.4 Å². The van der Waals surface area contributed by atoms with Crippen LogP contribution in [-0.2, 0) is 0 Å². The van der Waals surface area contributed by atoms with Crippen LogP contribution in [0.1, 0.15) is 9.67 Å². The summed E-state index contributed by atoms with van der Waals surface area (Å²) in [6.07, 6.45) is 2.15. The molecule has 14 heavy (non-hydrogen) atoms. The molecule has 2 heterocycles. The maximum Gasteiger partial charge on any atom is 0.221 e. The summed E-state index contributed by atoms with van der Waals surface area (Å²) in [5.74, 6) is -0.508. The van der Waals surface area contributed by atoms with Gasteiger partial charge in [-0.05, 0) is 24.3 Å². The van der Waals surface area contributed by atoms with Gasteiger partial charge in [-0.2, -0.15) is 4.39 Å². The van der Waals surface area contributed by atoms with E-state index in [2.05, 4.69) is 4.98 Å². The standard InChI is InChI=1S/C10H6FNOS/c11-10-8(2-1-5-12-10)9-4-3-7(6-13)14-9/h1-6H. The highest BCUT2D eigenvalue weighted by Gasteiger charge is 2.07. The van der Waals surface area contributed by atoms with E-state index in [1.807, 2.05) is 0 Å². The van der Waals surface area contributed by atoms with Crippen LogP contribution in [0.2, 0.25) is 0 Å². The molecule has 0 spiro atoms. The Kier molecular flexibility index (Phi) is 2.37. The van der Waals surface area contributed by atoms with Crippen molar-refractivity contribution in [3.05, 3.63) is 41.3 Å². The Morgan fingerprint density at radius 2 is 2.21 bits per heavy atom. The van der Waals surface area contributed by atoms with Crippen molar-refractivity contribution in [3.63, 3.8) is 0 Å². The summed E-state index contributed by atoms with van der Waals surface area (Å²) in [4.78, 5) is 15.3. The van der Waals surface area contributed by atoms with E-state index < -0.39 is 5.95 Å². The molecule has 2 aromatic rings. The van der Waals surface area contributed by atoms with Gasteiger partial charge in [0.15, 0.2) is 6.29 Å². The Morgan fingerprint density at radius 3 is 2.86 bits per heavy atom. The van der Waals surface area contributed by atoms with Crippen LogP contribution in [0.25, 0.3) is 10.4 Å². The molecular formula is C10H6FNOS. The van der Waals surface area contributed by atoms with E-state index in [9.17, 15) is 9.18 Å². The van der Waals surface area contributed by atoms with E-state index in [0.717, 1.165) is 11.2 Å². The highest BCUT2D eigenvalue weighted by atomic mass is 32.1. The lowest BCUT2D eigenvalue weighted by molar-refractivity contribution is 0.112. The Balaban J connectivity index is 2.49. The molecule has 0 bridgehead atoms. The average Bonchev–Trinajstić information content (AvgIpc) is 2.67. The van der Waals surface area contributed by atoms with Crippen molar-refractivity contribution in [1.29, 1.82) is 0 Å². The molecule has 0 N–H and O–H groups in total. The number of rotatable bonds is 2. The molecule has 0 aliphatic carbocycles. The quantitative estimate of drug-likeness (QED) is 0.560. The van der Waals surface area contributed by atoms with E-state index in [1.165, 1.54) is 17.5 Å². The molecule has 0 amide bonds. The number of pyridine rings is 1.